The van der Waals surface area contributed by atoms with Crippen molar-refractivity contribution < 1.29 is 4.79 Å². The van der Waals surface area contributed by atoms with E-state index >= 15 is 0 Å². The van der Waals surface area contributed by atoms with Gasteiger partial charge in [-0.1, -0.05) is 209 Å². The smallest absolute Gasteiger partial charge is 0.237 e. The van der Waals surface area contributed by atoms with E-state index in [1.54, 1.807) is 0 Å². The first-order valence-electron chi connectivity index (χ1n) is 22.5. The largest absolute Gasteiger partial charge is 0.354 e. The van der Waals surface area contributed by atoms with Crippen LogP contribution in [0.5, 0.6) is 0 Å². The molecular weight excluding hydrogens is 783 g/mol. The lowest BCUT2D eigenvalue weighted by molar-refractivity contribution is -0.123. The van der Waals surface area contributed by atoms with E-state index in [0.29, 0.717) is 13.1 Å². The Hall–Kier alpha value is -4.59. The average Bonchev–Trinajstić information content (AvgIpc) is 3.33. The molecule has 318 valence electrons. The quantitative estimate of drug-likeness (QED) is 0.0421. The van der Waals surface area contributed by atoms with Crippen LogP contribution in [0, 0.1) is 0 Å². The van der Waals surface area contributed by atoms with Crippen LogP contribution in [0.2, 0.25) is 0 Å². The van der Waals surface area contributed by atoms with Crippen molar-refractivity contribution in [2.75, 3.05) is 44.2 Å². The number of amides is 1. The first-order chi connectivity index (χ1) is 30.1. The van der Waals surface area contributed by atoms with Gasteiger partial charge in [-0.2, -0.15) is 0 Å². The van der Waals surface area contributed by atoms with E-state index in [-0.39, 0.29) is 11.9 Å². The predicted molar refractivity (Wildman–Crippen MR) is 264 cm³/mol. The summed E-state index contributed by atoms with van der Waals surface area (Å²) in [4.78, 5) is 17.0. The van der Waals surface area contributed by atoms with Gasteiger partial charge in [0.05, 0.1) is 15.5 Å². The van der Waals surface area contributed by atoms with Gasteiger partial charge in [-0.05, 0) is 78.7 Å². The number of nitrogens with one attached hydrogen (secondary N) is 2. The Balaban J connectivity index is 1.19. The maximum absolute atomic E-state index is 14.3. The van der Waals surface area contributed by atoms with E-state index in [1.807, 2.05) is 23.5 Å². The second kappa shape index (κ2) is 24.8. The van der Waals surface area contributed by atoms with Gasteiger partial charge < -0.3 is 15.5 Å². The molecule has 0 fully saturated rings. The maximum Gasteiger partial charge on any atom is 0.237 e. The summed E-state index contributed by atoms with van der Waals surface area (Å²) >= 11 is 3.83. The lowest BCUT2D eigenvalue weighted by Crippen LogP contribution is -2.46. The van der Waals surface area contributed by atoms with E-state index in [4.69, 9.17) is 0 Å². The number of thioether (sulfide) groups is 2. The number of unbranched alkanes of at least 4 members (excludes halogenated alkanes) is 2. The molecule has 0 bridgehead atoms. The molecule has 2 N–H and O–H groups in total. The number of benzene rings is 6. The molecule has 61 heavy (non-hydrogen) atoms. The number of hydrogen-bond donors (Lipinski definition) is 2. The second-order valence-electron chi connectivity index (χ2n) is 15.7. The van der Waals surface area contributed by atoms with Crippen molar-refractivity contribution >= 4 is 29.4 Å². The van der Waals surface area contributed by atoms with Crippen molar-refractivity contribution in [3.63, 3.8) is 0 Å². The highest BCUT2D eigenvalue weighted by Gasteiger charge is 2.38. The SMILES string of the molecule is CCCCN(CCCC)CCCC(NCCSC(c1ccccc1)(c1ccccc1)c1ccccc1)C(=O)NCCSC(c1ccccc1)(c1ccccc1)c1ccccc1. The lowest BCUT2D eigenvalue weighted by Gasteiger charge is -2.36. The van der Waals surface area contributed by atoms with Crippen LogP contribution in [0.1, 0.15) is 85.8 Å². The van der Waals surface area contributed by atoms with Crippen molar-refractivity contribution in [1.29, 1.82) is 0 Å². The van der Waals surface area contributed by atoms with E-state index in [0.717, 1.165) is 44.0 Å². The summed E-state index contributed by atoms with van der Waals surface area (Å²) in [6.45, 7) is 9.09. The average molecular weight is 848 g/mol. The standard InChI is InChI=1S/C55H65N3OS2/c1-3-5-41-58(42-6-4-2)43-25-38-52(56-39-44-60-54(46-26-13-7-14-27-46,47-28-15-8-16-29-47)48-30-17-9-18-31-48)53(59)57-40-45-61-55(49-32-19-10-20-33-49,50-34-21-11-22-35-50)51-36-23-12-24-37-51/h7-24,26-37,52,56H,3-6,25,38-45H2,1-2H3,(H,57,59). The monoisotopic (exact) mass is 847 g/mol. The fourth-order valence-corrected chi connectivity index (χ4v) is 11.3. The highest BCUT2D eigenvalue weighted by molar-refractivity contribution is 8.00. The van der Waals surface area contributed by atoms with Crippen LogP contribution in [0.4, 0.5) is 0 Å². The van der Waals surface area contributed by atoms with Gasteiger partial charge in [0.1, 0.15) is 0 Å². The zero-order valence-electron chi connectivity index (χ0n) is 36.3. The number of nitrogens with zero attached hydrogens (tertiary/aromatic N) is 1. The summed E-state index contributed by atoms with van der Waals surface area (Å²) in [5, 5.41) is 7.19. The van der Waals surface area contributed by atoms with Crippen LogP contribution in [-0.2, 0) is 14.3 Å². The normalized spacial score (nSPS) is 12.3. The molecular formula is C55H65N3OS2. The minimum absolute atomic E-state index is 0.0874. The van der Waals surface area contributed by atoms with Crippen LogP contribution in [0.15, 0.2) is 182 Å². The molecule has 1 atom stereocenters. The van der Waals surface area contributed by atoms with E-state index in [9.17, 15) is 4.79 Å². The fraction of sp³-hybridized carbons (Fsp3) is 0.327. The molecule has 0 heterocycles. The minimum Gasteiger partial charge on any atom is -0.354 e. The van der Waals surface area contributed by atoms with Gasteiger partial charge in [0, 0.05) is 24.6 Å². The zero-order chi connectivity index (χ0) is 42.4. The van der Waals surface area contributed by atoms with Gasteiger partial charge in [0.2, 0.25) is 5.91 Å². The van der Waals surface area contributed by atoms with Gasteiger partial charge in [-0.15, -0.1) is 23.5 Å². The molecule has 1 unspecified atom stereocenters. The van der Waals surface area contributed by atoms with Gasteiger partial charge >= 0.3 is 0 Å². The first-order valence-corrected chi connectivity index (χ1v) is 24.4. The second-order valence-corrected chi connectivity index (χ2v) is 18.4. The van der Waals surface area contributed by atoms with E-state index < -0.39 is 9.49 Å². The van der Waals surface area contributed by atoms with E-state index in [2.05, 4.69) is 211 Å². The van der Waals surface area contributed by atoms with Crippen molar-refractivity contribution in [1.82, 2.24) is 15.5 Å². The molecule has 6 heteroatoms. The van der Waals surface area contributed by atoms with Gasteiger partial charge in [-0.3, -0.25) is 4.79 Å². The Morgan fingerprint density at radius 3 is 1.11 bits per heavy atom. The number of rotatable bonds is 26. The Morgan fingerprint density at radius 2 is 0.787 bits per heavy atom. The molecule has 0 spiro atoms. The van der Waals surface area contributed by atoms with Crippen LogP contribution < -0.4 is 10.6 Å². The van der Waals surface area contributed by atoms with Crippen molar-refractivity contribution in [3.05, 3.63) is 215 Å². The molecule has 0 saturated heterocycles. The van der Waals surface area contributed by atoms with Crippen LogP contribution in [-0.4, -0.2) is 61.1 Å². The summed E-state index contributed by atoms with van der Waals surface area (Å²) in [6.07, 6.45) is 6.58. The third-order valence-electron chi connectivity index (χ3n) is 11.6. The summed E-state index contributed by atoms with van der Waals surface area (Å²) in [6, 6.07) is 64.7. The van der Waals surface area contributed by atoms with Crippen molar-refractivity contribution in [3.8, 4) is 0 Å². The highest BCUT2D eigenvalue weighted by atomic mass is 32.2. The molecule has 0 radical (unpaired) electrons. The molecule has 6 aromatic carbocycles. The van der Waals surface area contributed by atoms with Gasteiger partial charge in [0.25, 0.3) is 0 Å². The number of carbonyl (C=O) groups excluding carboxylic acids is 1. The first kappa shape index (κ1) is 45.9. The van der Waals surface area contributed by atoms with Crippen LogP contribution >= 0.6 is 23.5 Å². The molecule has 0 aliphatic rings. The Morgan fingerprint density at radius 1 is 0.475 bits per heavy atom. The number of hydrogen-bond acceptors (Lipinski definition) is 5. The van der Waals surface area contributed by atoms with Gasteiger partial charge in [-0.25, -0.2) is 0 Å². The summed E-state index contributed by atoms with van der Waals surface area (Å²) in [7, 11) is 0. The fourth-order valence-electron chi connectivity index (χ4n) is 8.42. The Kier molecular flexibility index (Phi) is 18.6. The molecule has 0 aliphatic carbocycles. The van der Waals surface area contributed by atoms with Crippen molar-refractivity contribution in [2.45, 2.75) is 67.9 Å². The zero-order valence-corrected chi connectivity index (χ0v) is 37.9. The molecule has 4 nitrogen and oxygen atoms in total. The summed E-state index contributed by atoms with van der Waals surface area (Å²) < 4.78 is -0.825. The molecule has 6 rings (SSSR count). The Bertz CT molecular complexity index is 1890. The van der Waals surface area contributed by atoms with Crippen molar-refractivity contribution in [2.24, 2.45) is 0 Å². The molecule has 6 aromatic rings. The topological polar surface area (TPSA) is 44.4 Å². The molecule has 0 aromatic heterocycles. The molecule has 1 amide bonds. The molecule has 0 aliphatic heterocycles. The highest BCUT2D eigenvalue weighted by Crippen LogP contribution is 2.49. The van der Waals surface area contributed by atoms with Crippen LogP contribution in [0.25, 0.3) is 0 Å². The number of carbonyl (C=O) groups is 1. The minimum atomic E-state index is -0.424. The van der Waals surface area contributed by atoms with E-state index in [1.165, 1.54) is 59.1 Å². The maximum atomic E-state index is 14.3. The summed E-state index contributed by atoms with van der Waals surface area (Å²) in [5.41, 5.74) is 7.44. The Labute approximate surface area is 375 Å². The van der Waals surface area contributed by atoms with Crippen LogP contribution in [0.3, 0.4) is 0 Å². The van der Waals surface area contributed by atoms with Gasteiger partial charge in [0.15, 0.2) is 0 Å². The third kappa shape index (κ3) is 12.3. The predicted octanol–water partition coefficient (Wildman–Crippen LogP) is 12.2. The third-order valence-corrected chi connectivity index (χ3v) is 14.6. The summed E-state index contributed by atoms with van der Waals surface area (Å²) in [5.74, 6) is 1.66. The molecule has 0 saturated carbocycles. The lowest BCUT2D eigenvalue weighted by atomic mass is 9.84.